The summed E-state index contributed by atoms with van der Waals surface area (Å²) in [5.41, 5.74) is 1.52. The highest BCUT2D eigenvalue weighted by Gasteiger charge is 2.38. The predicted molar refractivity (Wildman–Crippen MR) is 129 cm³/mol. The second-order valence-corrected chi connectivity index (χ2v) is 8.13. The van der Waals surface area contributed by atoms with E-state index in [9.17, 15) is 9.59 Å². The third-order valence-electron chi connectivity index (χ3n) is 6.29. The van der Waals surface area contributed by atoms with E-state index in [1.807, 2.05) is 97.1 Å². The van der Waals surface area contributed by atoms with Crippen LogP contribution in [0.25, 0.3) is 27.8 Å². The minimum atomic E-state index is -0.882. The fourth-order valence-corrected chi connectivity index (χ4v) is 4.63. The number of hydrogen-bond donors (Lipinski definition) is 0. The summed E-state index contributed by atoms with van der Waals surface area (Å²) in [6.45, 7) is 0. The summed E-state index contributed by atoms with van der Waals surface area (Å²) in [6, 6.07) is 27.5. The van der Waals surface area contributed by atoms with Gasteiger partial charge in [0.15, 0.2) is 11.2 Å². The molecular weight excluding hydrogens is 414 g/mol. The van der Waals surface area contributed by atoms with Crippen molar-refractivity contribution in [3.63, 3.8) is 0 Å². The molecule has 5 heteroatoms. The molecule has 0 radical (unpaired) electrons. The van der Waals surface area contributed by atoms with Crippen molar-refractivity contribution in [1.29, 1.82) is 0 Å². The zero-order chi connectivity index (χ0) is 22.6. The van der Waals surface area contributed by atoms with E-state index >= 15 is 0 Å². The molecule has 1 aromatic heterocycles. The monoisotopic (exact) mass is 433 g/mol. The van der Waals surface area contributed by atoms with Crippen molar-refractivity contribution in [3.8, 4) is 5.75 Å². The van der Waals surface area contributed by atoms with E-state index < -0.39 is 16.9 Å². The van der Waals surface area contributed by atoms with Crippen molar-refractivity contribution in [2.24, 2.45) is 7.05 Å². The topological polar surface area (TPSA) is 61.4 Å². The van der Waals surface area contributed by atoms with E-state index in [0.717, 1.165) is 21.1 Å². The molecule has 33 heavy (non-hydrogen) atoms. The van der Waals surface area contributed by atoms with Crippen LogP contribution in [0.2, 0.25) is 0 Å². The van der Waals surface area contributed by atoms with E-state index in [0.29, 0.717) is 22.1 Å². The van der Waals surface area contributed by atoms with Crippen molar-refractivity contribution >= 4 is 27.8 Å². The standard InChI is InChI=1S/C28H19NO4/c1-29-26(30)23-22-16-17-28(18-10-4-2-5-11-18,19-12-6-3-7-13-19)33-24(22)20-14-8-9-15-21(20)25(23)32-27(29)31/h2-17H,1H3. The Morgan fingerprint density at radius 2 is 1.33 bits per heavy atom. The Balaban J connectivity index is 1.75. The van der Waals surface area contributed by atoms with Gasteiger partial charge in [-0.1, -0.05) is 84.9 Å². The summed E-state index contributed by atoms with van der Waals surface area (Å²) in [6.07, 6.45) is 3.88. The maximum atomic E-state index is 13.2. The first-order chi connectivity index (χ1) is 16.1. The lowest BCUT2D eigenvalue weighted by Crippen LogP contribution is -2.35. The Morgan fingerprint density at radius 3 is 1.97 bits per heavy atom. The average molecular weight is 433 g/mol. The molecule has 6 rings (SSSR count). The van der Waals surface area contributed by atoms with E-state index in [-0.39, 0.29) is 5.58 Å². The molecule has 0 saturated carbocycles. The van der Waals surface area contributed by atoms with Gasteiger partial charge in [0.05, 0.1) is 5.39 Å². The minimum absolute atomic E-state index is 0.276. The second kappa shape index (κ2) is 7.07. The highest BCUT2D eigenvalue weighted by Crippen LogP contribution is 2.47. The van der Waals surface area contributed by atoms with Crippen LogP contribution in [0.1, 0.15) is 16.7 Å². The van der Waals surface area contributed by atoms with Gasteiger partial charge in [-0.3, -0.25) is 4.79 Å². The zero-order valence-electron chi connectivity index (χ0n) is 17.8. The lowest BCUT2D eigenvalue weighted by atomic mass is 9.83. The lowest BCUT2D eigenvalue weighted by Gasteiger charge is -2.36. The van der Waals surface area contributed by atoms with Gasteiger partial charge in [0.2, 0.25) is 0 Å². The summed E-state index contributed by atoms with van der Waals surface area (Å²) in [4.78, 5) is 25.5. The highest BCUT2D eigenvalue weighted by molar-refractivity contribution is 6.11. The predicted octanol–water partition coefficient (Wildman–Crippen LogP) is 4.99. The number of hydrogen-bond acceptors (Lipinski definition) is 4. The molecule has 160 valence electrons. The van der Waals surface area contributed by atoms with E-state index in [4.69, 9.17) is 9.15 Å². The van der Waals surface area contributed by atoms with Crippen molar-refractivity contribution in [2.75, 3.05) is 0 Å². The smallest absolute Gasteiger partial charge is 0.422 e. The van der Waals surface area contributed by atoms with Gasteiger partial charge < -0.3 is 9.15 Å². The number of benzene rings is 4. The maximum Gasteiger partial charge on any atom is 0.422 e. The molecule has 0 N–H and O–H groups in total. The van der Waals surface area contributed by atoms with E-state index in [2.05, 4.69) is 0 Å². The van der Waals surface area contributed by atoms with Gasteiger partial charge in [-0.15, -0.1) is 0 Å². The largest absolute Gasteiger partial charge is 0.472 e. The molecular formula is C28H19NO4. The Kier molecular flexibility index (Phi) is 4.14. The third-order valence-corrected chi connectivity index (χ3v) is 6.29. The molecule has 0 saturated heterocycles. The normalized spacial score (nSPS) is 14.2. The van der Waals surface area contributed by atoms with Gasteiger partial charge in [-0.05, 0) is 12.2 Å². The van der Waals surface area contributed by atoms with Crippen LogP contribution in [0.3, 0.4) is 0 Å². The summed E-state index contributed by atoms with van der Waals surface area (Å²) < 4.78 is 13.5. The molecule has 0 unspecified atom stereocenters. The van der Waals surface area contributed by atoms with Crippen LogP contribution < -0.4 is 16.1 Å². The first kappa shape index (κ1) is 19.3. The number of nitrogens with zero attached hydrogens (tertiary/aromatic N) is 1. The van der Waals surface area contributed by atoms with Gasteiger partial charge in [0.25, 0.3) is 5.56 Å². The number of rotatable bonds is 2. The van der Waals surface area contributed by atoms with Crippen LogP contribution in [-0.2, 0) is 12.6 Å². The summed E-state index contributed by atoms with van der Waals surface area (Å²) in [5.74, 6) is -0.111. The quantitative estimate of drug-likeness (QED) is 0.368. The Morgan fingerprint density at radius 1 is 0.758 bits per heavy atom. The summed E-state index contributed by atoms with van der Waals surface area (Å²) >= 11 is 0. The molecule has 4 aromatic carbocycles. The van der Waals surface area contributed by atoms with Crippen LogP contribution in [0, 0.1) is 0 Å². The Bertz CT molecular complexity index is 1640. The van der Waals surface area contributed by atoms with E-state index in [1.165, 1.54) is 7.05 Å². The molecule has 0 aliphatic carbocycles. The van der Waals surface area contributed by atoms with Crippen LogP contribution >= 0.6 is 0 Å². The third kappa shape index (κ3) is 2.72. The molecule has 1 aliphatic heterocycles. The zero-order valence-corrected chi connectivity index (χ0v) is 17.8. The molecule has 2 heterocycles. The van der Waals surface area contributed by atoms with Crippen molar-refractivity contribution < 1.29 is 9.15 Å². The second-order valence-electron chi connectivity index (χ2n) is 8.13. The fourth-order valence-electron chi connectivity index (χ4n) is 4.63. The van der Waals surface area contributed by atoms with E-state index in [1.54, 1.807) is 0 Å². The van der Waals surface area contributed by atoms with Crippen molar-refractivity contribution in [1.82, 2.24) is 4.57 Å². The first-order valence-corrected chi connectivity index (χ1v) is 10.7. The van der Waals surface area contributed by atoms with Gasteiger partial charge in [0.1, 0.15) is 5.75 Å². The van der Waals surface area contributed by atoms with Gasteiger partial charge >= 0.3 is 5.76 Å². The molecule has 5 aromatic rings. The molecule has 0 spiro atoms. The van der Waals surface area contributed by atoms with Crippen molar-refractivity contribution in [3.05, 3.63) is 129 Å². The summed E-state index contributed by atoms with van der Waals surface area (Å²) in [7, 11) is 1.42. The van der Waals surface area contributed by atoms with Crippen LogP contribution in [0.5, 0.6) is 5.75 Å². The maximum absolute atomic E-state index is 13.2. The molecule has 0 bridgehead atoms. The molecule has 5 nitrogen and oxygen atoms in total. The number of fused-ring (bicyclic) bond motifs is 6. The Labute approximate surface area is 188 Å². The summed E-state index contributed by atoms with van der Waals surface area (Å²) in [5, 5.41) is 1.76. The molecule has 0 atom stereocenters. The SMILES string of the molecule is Cn1c(=O)oc2c(c3c(c4ccccc42)OC(c2ccccc2)(c2ccccc2)C=C3)c1=O. The molecule has 1 aliphatic rings. The minimum Gasteiger partial charge on any atom is -0.472 e. The van der Waals surface area contributed by atoms with Crippen LogP contribution in [0.15, 0.2) is 105 Å². The lowest BCUT2D eigenvalue weighted by molar-refractivity contribution is 0.164. The first-order valence-electron chi connectivity index (χ1n) is 10.7. The fraction of sp³-hybridized carbons (Fsp3) is 0.0714. The van der Waals surface area contributed by atoms with Gasteiger partial charge in [0, 0.05) is 34.5 Å². The van der Waals surface area contributed by atoms with Crippen molar-refractivity contribution in [2.45, 2.75) is 5.60 Å². The van der Waals surface area contributed by atoms with Crippen LogP contribution in [-0.4, -0.2) is 4.57 Å². The molecule has 0 fully saturated rings. The van der Waals surface area contributed by atoms with Crippen LogP contribution in [0.4, 0.5) is 0 Å². The highest BCUT2D eigenvalue weighted by atomic mass is 16.5. The Hall–Kier alpha value is -4.38. The van der Waals surface area contributed by atoms with Gasteiger partial charge in [-0.25, -0.2) is 9.36 Å². The average Bonchev–Trinajstić information content (AvgIpc) is 2.88. The number of aromatic nitrogens is 1. The number of ether oxygens (including phenoxy) is 1. The van der Waals surface area contributed by atoms with Gasteiger partial charge in [-0.2, -0.15) is 0 Å². The molecule has 0 amide bonds.